The van der Waals surface area contributed by atoms with Gasteiger partial charge in [-0.1, -0.05) is 42.5 Å². The van der Waals surface area contributed by atoms with Crippen LogP contribution in [0.4, 0.5) is 0 Å². The molecule has 3 aromatic rings. The Hall–Kier alpha value is -3.15. The number of aromatic amines is 1. The lowest BCUT2D eigenvalue weighted by Gasteiger charge is -2.31. The fourth-order valence-electron chi connectivity index (χ4n) is 3.88. The number of carbonyl (C=O) groups is 2. The van der Waals surface area contributed by atoms with E-state index < -0.39 is 0 Å². The van der Waals surface area contributed by atoms with Gasteiger partial charge in [-0.25, -0.2) is 4.98 Å². The van der Waals surface area contributed by atoms with Crippen LogP contribution in [0.15, 0.2) is 54.6 Å². The number of amides is 2. The number of nitrogens with zero attached hydrogens (tertiary/aromatic N) is 2. The number of imidazole rings is 1. The van der Waals surface area contributed by atoms with Crippen LogP contribution in [-0.4, -0.2) is 46.3 Å². The number of aromatic nitrogens is 2. The average Bonchev–Trinajstić information content (AvgIpc) is 3.19. The monoisotopic (exact) mass is 390 g/mol. The first kappa shape index (κ1) is 19.2. The normalized spacial score (nSPS) is 14.8. The minimum absolute atomic E-state index is 0.0485. The van der Waals surface area contributed by atoms with E-state index in [-0.39, 0.29) is 11.8 Å². The van der Waals surface area contributed by atoms with Crippen LogP contribution in [0.3, 0.4) is 0 Å². The summed E-state index contributed by atoms with van der Waals surface area (Å²) in [7, 11) is 0. The molecule has 2 heterocycles. The van der Waals surface area contributed by atoms with Crippen LogP contribution in [0, 0.1) is 0 Å². The molecule has 4 rings (SSSR count). The second-order valence-corrected chi connectivity index (χ2v) is 7.56. The third-order valence-electron chi connectivity index (χ3n) is 5.51. The molecule has 0 radical (unpaired) electrons. The van der Waals surface area contributed by atoms with Crippen molar-refractivity contribution >= 4 is 22.8 Å². The van der Waals surface area contributed by atoms with E-state index in [4.69, 9.17) is 4.98 Å². The predicted molar refractivity (Wildman–Crippen MR) is 112 cm³/mol. The molecule has 6 nitrogen and oxygen atoms in total. The van der Waals surface area contributed by atoms with Gasteiger partial charge in [-0.05, 0) is 30.5 Å². The lowest BCUT2D eigenvalue weighted by Crippen LogP contribution is -2.39. The molecule has 0 spiro atoms. The fraction of sp³-hybridized carbons (Fsp3) is 0.348. The molecular weight excluding hydrogens is 364 g/mol. The molecule has 1 aromatic heterocycles. The highest BCUT2D eigenvalue weighted by Gasteiger charge is 2.25. The Labute approximate surface area is 170 Å². The van der Waals surface area contributed by atoms with Crippen molar-refractivity contribution in [1.29, 1.82) is 0 Å². The Kier molecular flexibility index (Phi) is 5.89. The van der Waals surface area contributed by atoms with Gasteiger partial charge < -0.3 is 15.2 Å². The van der Waals surface area contributed by atoms with Crippen LogP contribution in [0.2, 0.25) is 0 Å². The number of piperidine rings is 1. The van der Waals surface area contributed by atoms with E-state index in [0.717, 1.165) is 48.4 Å². The lowest BCUT2D eigenvalue weighted by atomic mass is 9.96. The minimum Gasteiger partial charge on any atom is -0.355 e. The molecule has 0 bridgehead atoms. The molecule has 150 valence electrons. The summed E-state index contributed by atoms with van der Waals surface area (Å²) in [5.74, 6) is 1.43. The average molecular weight is 390 g/mol. The molecular formula is C23H26N4O2. The largest absolute Gasteiger partial charge is 0.355 e. The smallest absolute Gasteiger partial charge is 0.224 e. The van der Waals surface area contributed by atoms with Gasteiger partial charge in [-0.3, -0.25) is 9.59 Å². The Morgan fingerprint density at radius 2 is 1.76 bits per heavy atom. The molecule has 2 amide bonds. The molecule has 1 aliphatic rings. The third kappa shape index (κ3) is 4.83. The zero-order valence-electron chi connectivity index (χ0n) is 16.4. The van der Waals surface area contributed by atoms with E-state index in [1.807, 2.05) is 59.5 Å². The Bertz CT molecular complexity index is 942. The second kappa shape index (κ2) is 8.90. The summed E-state index contributed by atoms with van der Waals surface area (Å²) in [6.07, 6.45) is 2.51. The number of carbonyl (C=O) groups excluding carboxylic acids is 2. The second-order valence-electron chi connectivity index (χ2n) is 7.56. The topological polar surface area (TPSA) is 78.1 Å². The molecule has 0 atom stereocenters. The maximum absolute atomic E-state index is 12.5. The first-order valence-corrected chi connectivity index (χ1v) is 10.2. The zero-order valence-corrected chi connectivity index (χ0v) is 16.4. The standard InChI is InChI=1S/C23H26N4O2/c28-21(16-17-6-2-1-3-7-17)24-13-10-22(29)27-14-11-18(12-15-27)23-25-19-8-4-5-9-20(19)26-23/h1-9,18H,10-16H2,(H,24,28)(H,25,26). The summed E-state index contributed by atoms with van der Waals surface area (Å²) in [5, 5.41) is 2.85. The molecule has 2 aromatic carbocycles. The summed E-state index contributed by atoms with van der Waals surface area (Å²) in [4.78, 5) is 34.5. The number of para-hydroxylation sites is 2. The third-order valence-corrected chi connectivity index (χ3v) is 5.51. The number of H-pyrrole nitrogens is 1. The van der Waals surface area contributed by atoms with Crippen LogP contribution in [-0.2, 0) is 16.0 Å². The molecule has 6 heteroatoms. The number of benzene rings is 2. The van der Waals surface area contributed by atoms with Crippen LogP contribution in [0.25, 0.3) is 11.0 Å². The Morgan fingerprint density at radius 1 is 1.03 bits per heavy atom. The number of nitrogens with one attached hydrogen (secondary N) is 2. The van der Waals surface area contributed by atoms with Gasteiger partial charge in [-0.15, -0.1) is 0 Å². The summed E-state index contributed by atoms with van der Waals surface area (Å²) in [6.45, 7) is 1.85. The van der Waals surface area contributed by atoms with Gasteiger partial charge in [0.2, 0.25) is 11.8 Å². The number of rotatable bonds is 6. The number of fused-ring (bicyclic) bond motifs is 1. The maximum atomic E-state index is 12.5. The Balaban J connectivity index is 1.20. The van der Waals surface area contributed by atoms with Gasteiger partial charge in [0.15, 0.2) is 0 Å². The van der Waals surface area contributed by atoms with Crippen molar-refractivity contribution in [3.05, 3.63) is 66.0 Å². The number of likely N-dealkylation sites (tertiary alicyclic amines) is 1. The van der Waals surface area contributed by atoms with Gasteiger partial charge in [0.05, 0.1) is 17.5 Å². The van der Waals surface area contributed by atoms with E-state index >= 15 is 0 Å². The summed E-state index contributed by atoms with van der Waals surface area (Å²) in [5.41, 5.74) is 3.03. The molecule has 0 saturated carbocycles. The van der Waals surface area contributed by atoms with E-state index in [2.05, 4.69) is 10.3 Å². The van der Waals surface area contributed by atoms with Crippen molar-refractivity contribution in [2.45, 2.75) is 31.6 Å². The number of hydrogen-bond donors (Lipinski definition) is 2. The van der Waals surface area contributed by atoms with Gasteiger partial charge in [0.1, 0.15) is 5.82 Å². The van der Waals surface area contributed by atoms with Crippen molar-refractivity contribution in [2.24, 2.45) is 0 Å². The highest BCUT2D eigenvalue weighted by atomic mass is 16.2. The minimum atomic E-state index is -0.0485. The first-order chi connectivity index (χ1) is 14.2. The maximum Gasteiger partial charge on any atom is 0.224 e. The molecule has 1 saturated heterocycles. The van der Waals surface area contributed by atoms with Crippen molar-refractivity contribution in [3.8, 4) is 0 Å². The van der Waals surface area contributed by atoms with Crippen molar-refractivity contribution in [1.82, 2.24) is 20.2 Å². The lowest BCUT2D eigenvalue weighted by molar-refractivity contribution is -0.132. The van der Waals surface area contributed by atoms with Crippen LogP contribution >= 0.6 is 0 Å². The van der Waals surface area contributed by atoms with Gasteiger partial charge in [0, 0.05) is 32.0 Å². The van der Waals surface area contributed by atoms with Gasteiger partial charge in [-0.2, -0.15) is 0 Å². The first-order valence-electron chi connectivity index (χ1n) is 10.2. The summed E-state index contributed by atoms with van der Waals surface area (Å²) >= 11 is 0. The molecule has 1 aliphatic heterocycles. The van der Waals surface area contributed by atoms with Crippen LogP contribution in [0.1, 0.15) is 36.6 Å². The molecule has 2 N–H and O–H groups in total. The zero-order chi connectivity index (χ0) is 20.1. The molecule has 29 heavy (non-hydrogen) atoms. The summed E-state index contributed by atoms with van der Waals surface area (Å²) < 4.78 is 0. The van der Waals surface area contributed by atoms with Gasteiger partial charge >= 0.3 is 0 Å². The number of hydrogen-bond acceptors (Lipinski definition) is 3. The van der Waals surface area contributed by atoms with Crippen LogP contribution < -0.4 is 5.32 Å². The quantitative estimate of drug-likeness (QED) is 0.679. The van der Waals surface area contributed by atoms with E-state index in [1.54, 1.807) is 0 Å². The highest BCUT2D eigenvalue weighted by molar-refractivity contribution is 5.80. The molecule has 0 unspecified atom stereocenters. The van der Waals surface area contributed by atoms with Crippen molar-refractivity contribution < 1.29 is 9.59 Å². The van der Waals surface area contributed by atoms with Crippen LogP contribution in [0.5, 0.6) is 0 Å². The van der Waals surface area contributed by atoms with E-state index in [1.165, 1.54) is 0 Å². The molecule has 1 fully saturated rings. The van der Waals surface area contributed by atoms with E-state index in [9.17, 15) is 9.59 Å². The fourth-order valence-corrected chi connectivity index (χ4v) is 3.88. The van der Waals surface area contributed by atoms with Crippen molar-refractivity contribution in [2.75, 3.05) is 19.6 Å². The van der Waals surface area contributed by atoms with E-state index in [0.29, 0.717) is 25.3 Å². The highest BCUT2D eigenvalue weighted by Crippen LogP contribution is 2.27. The summed E-state index contributed by atoms with van der Waals surface area (Å²) in [6, 6.07) is 17.7. The van der Waals surface area contributed by atoms with Gasteiger partial charge in [0.25, 0.3) is 0 Å². The molecule has 0 aliphatic carbocycles. The van der Waals surface area contributed by atoms with Crippen molar-refractivity contribution in [3.63, 3.8) is 0 Å². The SMILES string of the molecule is O=C(Cc1ccccc1)NCCC(=O)N1CCC(c2nc3ccccc3[nH]2)CC1. The predicted octanol–water partition coefficient (Wildman–Crippen LogP) is 3.02. The Morgan fingerprint density at radius 3 is 2.52 bits per heavy atom.